The van der Waals surface area contributed by atoms with Gasteiger partial charge in [0.2, 0.25) is 0 Å². The molecule has 0 aromatic heterocycles. The zero-order valence-electron chi connectivity index (χ0n) is 7.57. The van der Waals surface area contributed by atoms with Crippen LogP contribution in [-0.4, -0.2) is 10.7 Å². The van der Waals surface area contributed by atoms with E-state index in [0.717, 1.165) is 11.8 Å². The van der Waals surface area contributed by atoms with Crippen LogP contribution in [0.4, 0.5) is 0 Å². The van der Waals surface area contributed by atoms with Crippen molar-refractivity contribution < 1.29 is 0 Å². The van der Waals surface area contributed by atoms with E-state index in [-0.39, 0.29) is 0 Å². The molecule has 0 spiro atoms. The Balaban J connectivity index is 2.24. The van der Waals surface area contributed by atoms with Crippen LogP contribution < -0.4 is 0 Å². The fourth-order valence-electron chi connectivity index (χ4n) is 1.99. The monoisotopic (exact) mass is 296 g/mol. The van der Waals surface area contributed by atoms with Crippen LogP contribution in [-0.2, 0) is 0 Å². The summed E-state index contributed by atoms with van der Waals surface area (Å²) in [7, 11) is 0. The molecule has 0 unspecified atom stereocenters. The number of alkyl halides is 2. The first-order valence-electron chi connectivity index (χ1n) is 4.98. The summed E-state index contributed by atoms with van der Waals surface area (Å²) in [5.74, 6) is 1.92. The van der Waals surface area contributed by atoms with Gasteiger partial charge in [-0.3, -0.25) is 0 Å². The van der Waals surface area contributed by atoms with E-state index < -0.39 is 0 Å². The van der Waals surface area contributed by atoms with E-state index in [2.05, 4.69) is 31.9 Å². The molecule has 0 aliphatic heterocycles. The Kier molecular flexibility index (Phi) is 5.90. The smallest absolute Gasteiger partial charge is 0.00596 e. The van der Waals surface area contributed by atoms with Gasteiger partial charge in [-0.25, -0.2) is 0 Å². The molecule has 0 aromatic carbocycles. The zero-order valence-corrected chi connectivity index (χ0v) is 10.7. The minimum absolute atomic E-state index is 0.960. The van der Waals surface area contributed by atoms with Gasteiger partial charge < -0.3 is 0 Å². The molecule has 0 atom stereocenters. The van der Waals surface area contributed by atoms with Crippen LogP contribution in [0.2, 0.25) is 0 Å². The summed E-state index contributed by atoms with van der Waals surface area (Å²) in [5.41, 5.74) is 0. The minimum Gasteiger partial charge on any atom is -0.0925 e. The van der Waals surface area contributed by atoms with Gasteiger partial charge in [-0.2, -0.15) is 0 Å². The van der Waals surface area contributed by atoms with Crippen molar-refractivity contribution in [3.63, 3.8) is 0 Å². The molecule has 1 aliphatic carbocycles. The molecule has 0 amide bonds. The highest BCUT2D eigenvalue weighted by Gasteiger charge is 2.14. The first-order chi connectivity index (χ1) is 5.86. The lowest BCUT2D eigenvalue weighted by atomic mass is 9.88. The number of rotatable bonds is 2. The second-order valence-corrected chi connectivity index (χ2v) is 5.20. The maximum Gasteiger partial charge on any atom is 0.00596 e. The highest BCUT2D eigenvalue weighted by Crippen LogP contribution is 2.27. The molecule has 1 aliphatic rings. The second-order valence-electron chi connectivity index (χ2n) is 3.90. The molecule has 0 heterocycles. The standard InChI is InChI=1S/C10H18Br2/c11-7-9-3-1-4-10(8-12)6-2-5-9/h9-10H,1-8H2/t9-,10-. The maximum atomic E-state index is 3.59. The van der Waals surface area contributed by atoms with Crippen LogP contribution >= 0.6 is 31.9 Å². The largest absolute Gasteiger partial charge is 0.0925 e. The van der Waals surface area contributed by atoms with Crippen molar-refractivity contribution in [2.75, 3.05) is 10.7 Å². The number of hydrogen-bond acceptors (Lipinski definition) is 0. The quantitative estimate of drug-likeness (QED) is 0.664. The highest BCUT2D eigenvalue weighted by molar-refractivity contribution is 9.09. The predicted octanol–water partition coefficient (Wildman–Crippen LogP) is 4.36. The molecule has 0 aromatic rings. The first-order valence-corrected chi connectivity index (χ1v) is 7.23. The Morgan fingerprint density at radius 2 is 1.08 bits per heavy atom. The van der Waals surface area contributed by atoms with E-state index >= 15 is 0 Å². The van der Waals surface area contributed by atoms with Crippen molar-refractivity contribution in [1.82, 2.24) is 0 Å². The topological polar surface area (TPSA) is 0 Å². The normalized spacial score (nSPS) is 32.5. The fourth-order valence-corrected chi connectivity index (χ4v) is 3.28. The molecule has 2 heteroatoms. The molecular formula is C10H18Br2. The van der Waals surface area contributed by atoms with E-state index in [1.165, 1.54) is 49.2 Å². The summed E-state index contributed by atoms with van der Waals surface area (Å²) in [4.78, 5) is 0. The summed E-state index contributed by atoms with van der Waals surface area (Å²) < 4.78 is 0. The molecule has 0 nitrogen and oxygen atoms in total. The Morgan fingerprint density at radius 1 is 0.750 bits per heavy atom. The van der Waals surface area contributed by atoms with Gasteiger partial charge in [0.05, 0.1) is 0 Å². The van der Waals surface area contributed by atoms with Crippen LogP contribution in [0.25, 0.3) is 0 Å². The third-order valence-electron chi connectivity index (χ3n) is 2.89. The van der Waals surface area contributed by atoms with Gasteiger partial charge in [0.25, 0.3) is 0 Å². The van der Waals surface area contributed by atoms with E-state index in [0.29, 0.717) is 0 Å². The van der Waals surface area contributed by atoms with Gasteiger partial charge >= 0.3 is 0 Å². The van der Waals surface area contributed by atoms with Crippen LogP contribution in [0.3, 0.4) is 0 Å². The predicted molar refractivity (Wildman–Crippen MR) is 62.3 cm³/mol. The minimum atomic E-state index is 0.960. The van der Waals surface area contributed by atoms with E-state index in [1.54, 1.807) is 0 Å². The van der Waals surface area contributed by atoms with Crippen LogP contribution in [0.15, 0.2) is 0 Å². The van der Waals surface area contributed by atoms with Crippen molar-refractivity contribution in [3.8, 4) is 0 Å². The molecule has 1 rings (SSSR count). The van der Waals surface area contributed by atoms with Crippen LogP contribution in [0.1, 0.15) is 38.5 Å². The van der Waals surface area contributed by atoms with E-state index in [1.807, 2.05) is 0 Å². The van der Waals surface area contributed by atoms with Crippen LogP contribution in [0.5, 0.6) is 0 Å². The Hall–Kier alpha value is 0.960. The lowest BCUT2D eigenvalue weighted by molar-refractivity contribution is 0.355. The zero-order chi connectivity index (χ0) is 8.81. The molecule has 72 valence electrons. The molecule has 1 saturated carbocycles. The first kappa shape index (κ1) is 11.0. The Morgan fingerprint density at radius 3 is 1.33 bits per heavy atom. The average molecular weight is 298 g/mol. The maximum absolute atomic E-state index is 3.59. The second kappa shape index (κ2) is 6.42. The summed E-state index contributed by atoms with van der Waals surface area (Å²) >= 11 is 7.19. The lowest BCUT2D eigenvalue weighted by Crippen LogP contribution is -2.11. The van der Waals surface area contributed by atoms with Gasteiger partial charge in [-0.1, -0.05) is 44.7 Å². The van der Waals surface area contributed by atoms with E-state index in [4.69, 9.17) is 0 Å². The number of hydrogen-bond donors (Lipinski definition) is 0. The highest BCUT2D eigenvalue weighted by atomic mass is 79.9. The molecule has 0 radical (unpaired) electrons. The summed E-state index contributed by atoms with van der Waals surface area (Å²) in [6.45, 7) is 0. The molecule has 0 N–H and O–H groups in total. The van der Waals surface area contributed by atoms with Crippen LogP contribution in [0, 0.1) is 11.8 Å². The van der Waals surface area contributed by atoms with Gasteiger partial charge in [-0.05, 0) is 37.5 Å². The Bertz CT molecular complexity index is 92.4. The van der Waals surface area contributed by atoms with Crippen molar-refractivity contribution >= 4 is 31.9 Å². The van der Waals surface area contributed by atoms with Gasteiger partial charge in [0, 0.05) is 10.7 Å². The fraction of sp³-hybridized carbons (Fsp3) is 1.00. The molecule has 0 saturated heterocycles. The van der Waals surface area contributed by atoms with Gasteiger partial charge in [0.15, 0.2) is 0 Å². The summed E-state index contributed by atoms with van der Waals surface area (Å²) in [6, 6.07) is 0. The molecule has 1 fully saturated rings. The van der Waals surface area contributed by atoms with Crippen molar-refractivity contribution in [2.24, 2.45) is 11.8 Å². The van der Waals surface area contributed by atoms with Crippen molar-refractivity contribution in [1.29, 1.82) is 0 Å². The summed E-state index contributed by atoms with van der Waals surface area (Å²) in [5, 5.41) is 2.43. The number of halogens is 2. The van der Waals surface area contributed by atoms with Gasteiger partial charge in [-0.15, -0.1) is 0 Å². The van der Waals surface area contributed by atoms with Crippen molar-refractivity contribution in [2.45, 2.75) is 38.5 Å². The lowest BCUT2D eigenvalue weighted by Gasteiger charge is -2.21. The molecular weight excluding hydrogens is 280 g/mol. The van der Waals surface area contributed by atoms with Gasteiger partial charge in [0.1, 0.15) is 0 Å². The SMILES string of the molecule is BrC[C@H]1CCC[C@H](CBr)CCC1. The molecule has 0 bridgehead atoms. The van der Waals surface area contributed by atoms with Crippen molar-refractivity contribution in [3.05, 3.63) is 0 Å². The third-order valence-corrected chi connectivity index (χ3v) is 4.72. The average Bonchev–Trinajstić information content (AvgIpc) is 2.05. The Labute approximate surface area is 92.8 Å². The third kappa shape index (κ3) is 3.78. The van der Waals surface area contributed by atoms with E-state index in [9.17, 15) is 0 Å². The summed E-state index contributed by atoms with van der Waals surface area (Å²) in [6.07, 6.45) is 8.63. The molecule has 12 heavy (non-hydrogen) atoms.